The maximum absolute atomic E-state index is 12.3. The third-order valence-electron chi connectivity index (χ3n) is 4.58. The SMILES string of the molecule is Cc1ccc(SC(C)C(=O)NCc2ccc(N3CCCC3)cc2)cc1. The van der Waals surface area contributed by atoms with Crippen molar-refractivity contribution in [3.8, 4) is 0 Å². The molecule has 0 bridgehead atoms. The Hall–Kier alpha value is -1.94. The largest absolute Gasteiger partial charge is 0.372 e. The highest BCUT2D eigenvalue weighted by Gasteiger charge is 2.15. The maximum Gasteiger partial charge on any atom is 0.233 e. The first-order valence-electron chi connectivity index (χ1n) is 8.97. The molecule has 1 heterocycles. The van der Waals surface area contributed by atoms with Gasteiger partial charge in [-0.05, 0) is 56.5 Å². The number of nitrogens with one attached hydrogen (secondary N) is 1. The molecular formula is C21H26N2OS. The van der Waals surface area contributed by atoms with Crippen molar-refractivity contribution < 1.29 is 4.79 Å². The summed E-state index contributed by atoms with van der Waals surface area (Å²) in [5.74, 6) is 0.0780. The molecule has 0 radical (unpaired) electrons. The van der Waals surface area contributed by atoms with Crippen LogP contribution < -0.4 is 10.2 Å². The summed E-state index contributed by atoms with van der Waals surface area (Å²) in [6.45, 7) is 6.92. The molecule has 3 rings (SSSR count). The van der Waals surface area contributed by atoms with E-state index in [4.69, 9.17) is 0 Å². The van der Waals surface area contributed by atoms with Gasteiger partial charge in [-0.3, -0.25) is 4.79 Å². The third-order valence-corrected chi connectivity index (χ3v) is 5.69. The van der Waals surface area contributed by atoms with Gasteiger partial charge in [0.1, 0.15) is 0 Å². The number of amides is 1. The second-order valence-corrected chi connectivity index (χ2v) is 8.07. The van der Waals surface area contributed by atoms with Gasteiger partial charge in [0.15, 0.2) is 0 Å². The van der Waals surface area contributed by atoms with Crippen LogP contribution in [0.15, 0.2) is 53.4 Å². The molecule has 1 amide bonds. The van der Waals surface area contributed by atoms with E-state index in [1.165, 1.54) is 24.1 Å². The average Bonchev–Trinajstić information content (AvgIpc) is 3.16. The highest BCUT2D eigenvalue weighted by Crippen LogP contribution is 2.24. The topological polar surface area (TPSA) is 32.3 Å². The van der Waals surface area contributed by atoms with Crippen LogP contribution in [0.2, 0.25) is 0 Å². The van der Waals surface area contributed by atoms with E-state index in [0.717, 1.165) is 23.5 Å². The second kappa shape index (κ2) is 8.43. The summed E-state index contributed by atoms with van der Waals surface area (Å²) < 4.78 is 0. The molecule has 0 aliphatic carbocycles. The molecule has 2 aromatic carbocycles. The molecule has 2 aromatic rings. The van der Waals surface area contributed by atoms with Gasteiger partial charge in [-0.1, -0.05) is 29.8 Å². The van der Waals surface area contributed by atoms with E-state index < -0.39 is 0 Å². The average molecular weight is 355 g/mol. The highest BCUT2D eigenvalue weighted by atomic mass is 32.2. The van der Waals surface area contributed by atoms with E-state index in [9.17, 15) is 4.79 Å². The third kappa shape index (κ3) is 5.02. The molecule has 25 heavy (non-hydrogen) atoms. The number of aryl methyl sites for hydroxylation is 1. The molecular weight excluding hydrogens is 328 g/mol. The zero-order chi connectivity index (χ0) is 17.6. The number of rotatable bonds is 6. The molecule has 0 saturated carbocycles. The van der Waals surface area contributed by atoms with Crippen molar-refractivity contribution in [2.24, 2.45) is 0 Å². The summed E-state index contributed by atoms with van der Waals surface area (Å²) in [6.07, 6.45) is 2.57. The van der Waals surface area contributed by atoms with Crippen LogP contribution in [0.25, 0.3) is 0 Å². The molecule has 3 nitrogen and oxygen atoms in total. The van der Waals surface area contributed by atoms with E-state index in [1.807, 2.05) is 6.92 Å². The Morgan fingerprint density at radius 2 is 1.72 bits per heavy atom. The first-order valence-corrected chi connectivity index (χ1v) is 9.85. The first-order chi connectivity index (χ1) is 12.1. The lowest BCUT2D eigenvalue weighted by atomic mass is 10.2. The van der Waals surface area contributed by atoms with Crippen LogP contribution in [-0.2, 0) is 11.3 Å². The lowest BCUT2D eigenvalue weighted by Gasteiger charge is -2.18. The van der Waals surface area contributed by atoms with E-state index in [1.54, 1.807) is 11.8 Å². The quantitative estimate of drug-likeness (QED) is 0.781. The Morgan fingerprint density at radius 3 is 2.36 bits per heavy atom. The fraction of sp³-hybridized carbons (Fsp3) is 0.381. The van der Waals surface area contributed by atoms with Gasteiger partial charge in [-0.2, -0.15) is 0 Å². The van der Waals surface area contributed by atoms with Crippen molar-refractivity contribution in [2.45, 2.75) is 43.4 Å². The van der Waals surface area contributed by atoms with Crippen LogP contribution >= 0.6 is 11.8 Å². The molecule has 132 valence electrons. The minimum atomic E-state index is -0.105. The van der Waals surface area contributed by atoms with Crippen LogP contribution in [0.4, 0.5) is 5.69 Å². The number of anilines is 1. The van der Waals surface area contributed by atoms with Crippen molar-refractivity contribution >= 4 is 23.4 Å². The van der Waals surface area contributed by atoms with Crippen LogP contribution in [0.1, 0.15) is 30.9 Å². The van der Waals surface area contributed by atoms with E-state index >= 15 is 0 Å². The van der Waals surface area contributed by atoms with Gasteiger partial charge in [0.25, 0.3) is 0 Å². The molecule has 1 aliphatic heterocycles. The molecule has 1 saturated heterocycles. The number of carbonyl (C=O) groups is 1. The maximum atomic E-state index is 12.3. The summed E-state index contributed by atoms with van der Waals surface area (Å²) in [5, 5.41) is 2.94. The Bertz CT molecular complexity index is 691. The van der Waals surface area contributed by atoms with Gasteiger partial charge in [-0.25, -0.2) is 0 Å². The summed E-state index contributed by atoms with van der Waals surface area (Å²) in [4.78, 5) is 15.9. The Morgan fingerprint density at radius 1 is 1.08 bits per heavy atom. The van der Waals surface area contributed by atoms with Gasteiger partial charge in [0, 0.05) is 30.2 Å². The zero-order valence-electron chi connectivity index (χ0n) is 15.0. The minimum Gasteiger partial charge on any atom is -0.372 e. The van der Waals surface area contributed by atoms with Crippen LogP contribution in [0.3, 0.4) is 0 Å². The monoisotopic (exact) mass is 354 g/mol. The fourth-order valence-electron chi connectivity index (χ4n) is 3.01. The van der Waals surface area contributed by atoms with Crippen molar-refractivity contribution in [1.82, 2.24) is 5.32 Å². The van der Waals surface area contributed by atoms with Crippen LogP contribution in [0.5, 0.6) is 0 Å². The zero-order valence-corrected chi connectivity index (χ0v) is 15.8. The minimum absolute atomic E-state index is 0.0780. The smallest absolute Gasteiger partial charge is 0.233 e. The van der Waals surface area contributed by atoms with Gasteiger partial charge >= 0.3 is 0 Å². The number of thioether (sulfide) groups is 1. The Kier molecular flexibility index (Phi) is 6.03. The predicted octanol–water partition coefficient (Wildman–Crippen LogP) is 4.39. The lowest BCUT2D eigenvalue weighted by Crippen LogP contribution is -2.30. The normalized spacial score (nSPS) is 15.2. The highest BCUT2D eigenvalue weighted by molar-refractivity contribution is 8.00. The van der Waals surface area contributed by atoms with E-state index in [2.05, 4.69) is 65.7 Å². The summed E-state index contributed by atoms with van der Waals surface area (Å²) in [6, 6.07) is 16.9. The van der Waals surface area contributed by atoms with Gasteiger partial charge < -0.3 is 10.2 Å². The van der Waals surface area contributed by atoms with Crippen molar-refractivity contribution in [3.63, 3.8) is 0 Å². The predicted molar refractivity (Wildman–Crippen MR) is 106 cm³/mol. The number of benzene rings is 2. The standard InChI is InChI=1S/C21H26N2OS/c1-16-5-11-20(12-6-16)25-17(2)21(24)22-15-18-7-9-19(10-8-18)23-13-3-4-14-23/h5-12,17H,3-4,13-15H2,1-2H3,(H,22,24). The van der Waals surface area contributed by atoms with E-state index in [0.29, 0.717) is 6.54 Å². The summed E-state index contributed by atoms with van der Waals surface area (Å²) in [5.41, 5.74) is 3.67. The molecule has 1 aliphatic rings. The lowest BCUT2D eigenvalue weighted by molar-refractivity contribution is -0.120. The molecule has 1 fully saturated rings. The fourth-order valence-corrected chi connectivity index (χ4v) is 3.90. The molecule has 0 spiro atoms. The molecule has 4 heteroatoms. The second-order valence-electron chi connectivity index (χ2n) is 6.65. The molecule has 1 atom stereocenters. The summed E-state index contributed by atoms with van der Waals surface area (Å²) >= 11 is 1.60. The number of nitrogens with zero attached hydrogens (tertiary/aromatic N) is 1. The molecule has 1 N–H and O–H groups in total. The number of carbonyl (C=O) groups excluding carboxylic acids is 1. The van der Waals surface area contributed by atoms with Gasteiger partial charge in [-0.15, -0.1) is 11.8 Å². The van der Waals surface area contributed by atoms with Crippen LogP contribution in [0, 0.1) is 6.92 Å². The van der Waals surface area contributed by atoms with Gasteiger partial charge in [0.2, 0.25) is 5.91 Å². The number of hydrogen-bond donors (Lipinski definition) is 1. The first kappa shape index (κ1) is 17.9. The number of hydrogen-bond acceptors (Lipinski definition) is 3. The van der Waals surface area contributed by atoms with Crippen molar-refractivity contribution in [2.75, 3.05) is 18.0 Å². The van der Waals surface area contributed by atoms with Crippen molar-refractivity contribution in [3.05, 3.63) is 59.7 Å². The van der Waals surface area contributed by atoms with Gasteiger partial charge in [0.05, 0.1) is 5.25 Å². The Balaban J connectivity index is 1.48. The molecule has 1 unspecified atom stereocenters. The van der Waals surface area contributed by atoms with Crippen LogP contribution in [-0.4, -0.2) is 24.2 Å². The summed E-state index contributed by atoms with van der Waals surface area (Å²) in [7, 11) is 0. The molecule has 0 aromatic heterocycles. The van der Waals surface area contributed by atoms with E-state index in [-0.39, 0.29) is 11.2 Å². The Labute approximate surface area is 154 Å². The van der Waals surface area contributed by atoms with Crippen molar-refractivity contribution in [1.29, 1.82) is 0 Å².